The lowest BCUT2D eigenvalue weighted by molar-refractivity contribution is -0.151. The number of nitrogens with zero attached hydrogens (tertiary/aromatic N) is 7. The first kappa shape index (κ1) is 83.6. The molecule has 3 aliphatic carbocycles. The highest BCUT2D eigenvalue weighted by Crippen LogP contribution is 2.49. The predicted molar refractivity (Wildman–Crippen MR) is 393 cm³/mol. The van der Waals surface area contributed by atoms with Gasteiger partial charge in [0.05, 0.1) is 25.6 Å². The monoisotopic (exact) mass is 1440 g/mol. The highest BCUT2D eigenvalue weighted by molar-refractivity contribution is 6.01. The highest BCUT2D eigenvalue weighted by atomic mass is 16.5. The quantitative estimate of drug-likeness (QED) is 0.119. The fourth-order valence-electron chi connectivity index (χ4n) is 17.9. The standard InChI is InChI=1S/C77H129N13O13/c1-18-26-57-68(95)81-65(47(7)19-2)74(101)85(14)43-64(93)88(17)58-27-24-23-25-36-89(73(58)100)60(38-50-30-28-46(6)29-31-50)67(94)78-41-62(91)79-55(35-33-51-32-34-54-48(8)49(9)86(15)59(54)37-51)72(99)90-42-53(103-22-5)39-61(90)69(96)83-77(44-76(10,11)45-77)75(102)82-66(52(20-3)21-4)70(97)80-56(71(98)84(12)13)40-63(92)87(57)16/h23-24,46-61,65-66H,18-22,25-45H2,1-17H3,(H,78,94)(H,79,91)(H,80,97)(H,81,95)(H,82,102)(H,83,96)/b24-23-/t46?,47-,48?,49?,50?,51?,53+,54?,55-,56-,57-,58-,59?,60-,61-,65-,66-/m0/s1. The van der Waals surface area contributed by atoms with Crippen molar-refractivity contribution in [2.24, 2.45) is 46.8 Å². The van der Waals surface area contributed by atoms with E-state index in [4.69, 9.17) is 4.74 Å². The van der Waals surface area contributed by atoms with Gasteiger partial charge in [0, 0.05) is 73.4 Å². The van der Waals surface area contributed by atoms with Gasteiger partial charge in [-0.2, -0.15) is 0 Å². The third kappa shape index (κ3) is 20.5. The zero-order valence-electron chi connectivity index (χ0n) is 65.4. The van der Waals surface area contributed by atoms with Crippen LogP contribution in [0.15, 0.2) is 12.2 Å². The molecule has 4 aliphatic heterocycles. The van der Waals surface area contributed by atoms with Crippen LogP contribution in [0.1, 0.15) is 211 Å². The molecule has 5 unspecified atom stereocenters. The Bertz CT molecular complexity index is 3030. The van der Waals surface area contributed by atoms with Gasteiger partial charge < -0.3 is 70.9 Å². The van der Waals surface area contributed by atoms with Gasteiger partial charge in [0.25, 0.3) is 0 Å². The van der Waals surface area contributed by atoms with E-state index in [1.807, 2.05) is 60.6 Å². The molecule has 0 aromatic heterocycles. The molecular weight excluding hydrogens is 1310 g/mol. The smallest absolute Gasteiger partial charge is 0.246 e. The van der Waals surface area contributed by atoms with Crippen LogP contribution in [0.3, 0.4) is 0 Å². The molecule has 0 aromatic rings. The van der Waals surface area contributed by atoms with Crippen molar-refractivity contribution in [1.29, 1.82) is 0 Å². The van der Waals surface area contributed by atoms with Crippen LogP contribution >= 0.6 is 0 Å². The summed E-state index contributed by atoms with van der Waals surface area (Å²) in [6.45, 7) is 21.1. The largest absolute Gasteiger partial charge is 0.377 e. The second kappa shape index (κ2) is 37.0. The van der Waals surface area contributed by atoms with Crippen LogP contribution in [0.4, 0.5) is 0 Å². The molecule has 0 aromatic carbocycles. The summed E-state index contributed by atoms with van der Waals surface area (Å²) in [7, 11) is 9.49. The van der Waals surface area contributed by atoms with Gasteiger partial charge in [-0.1, -0.05) is 132 Å². The zero-order chi connectivity index (χ0) is 76.1. The summed E-state index contributed by atoms with van der Waals surface area (Å²) in [4.78, 5) is 190. The first-order valence-electron chi connectivity index (χ1n) is 39.0. The minimum absolute atomic E-state index is 0.00317. The van der Waals surface area contributed by atoms with Crippen molar-refractivity contribution in [3.05, 3.63) is 12.2 Å². The number of rotatable bonds is 15. The average molecular weight is 1440 g/mol. The van der Waals surface area contributed by atoms with Gasteiger partial charge >= 0.3 is 0 Å². The van der Waals surface area contributed by atoms with Crippen LogP contribution < -0.4 is 31.9 Å². The number of likely N-dealkylation sites (N-methyl/N-ethyl adjacent to an activating group) is 4. The number of fused-ring (bicyclic) bond motifs is 4. The fourth-order valence-corrected chi connectivity index (χ4v) is 17.9. The molecule has 7 aliphatic rings. The second-order valence-corrected chi connectivity index (χ2v) is 32.8. The van der Waals surface area contributed by atoms with Crippen molar-refractivity contribution >= 4 is 70.9 Å². The lowest BCUT2D eigenvalue weighted by Crippen LogP contribution is -2.71. The summed E-state index contributed by atoms with van der Waals surface area (Å²) in [5.74, 6) is -6.55. The van der Waals surface area contributed by atoms with Crippen LogP contribution in [0.2, 0.25) is 0 Å². The van der Waals surface area contributed by atoms with Gasteiger partial charge in [0.15, 0.2) is 0 Å². The number of hydrogen-bond acceptors (Lipinski definition) is 14. The molecule has 3 saturated carbocycles. The molecular formula is C77H129N13O13. The second-order valence-electron chi connectivity index (χ2n) is 32.8. The van der Waals surface area contributed by atoms with E-state index in [-0.39, 0.29) is 70.1 Å². The van der Waals surface area contributed by atoms with E-state index in [1.165, 1.54) is 64.6 Å². The van der Waals surface area contributed by atoms with Gasteiger partial charge in [-0.3, -0.25) is 57.5 Å². The summed E-state index contributed by atoms with van der Waals surface area (Å²) in [5, 5.41) is 17.7. The normalized spacial score (nSPS) is 33.3. The number of likely N-dealkylation sites (tertiary alicyclic amines) is 1. The molecule has 4 heterocycles. The van der Waals surface area contributed by atoms with Crippen molar-refractivity contribution in [2.45, 2.75) is 283 Å². The zero-order valence-corrected chi connectivity index (χ0v) is 65.4. The van der Waals surface area contributed by atoms with Crippen molar-refractivity contribution in [3.63, 3.8) is 0 Å². The molecule has 0 radical (unpaired) electrons. The number of ether oxygens (including phenoxy) is 1. The Morgan fingerprint density at radius 3 is 1.96 bits per heavy atom. The maximum absolute atomic E-state index is 15.7. The number of nitrogens with one attached hydrogen (secondary N) is 6. The molecule has 26 nitrogen and oxygen atoms in total. The summed E-state index contributed by atoms with van der Waals surface area (Å²) in [6.07, 6.45) is 12.8. The molecule has 6 fully saturated rings. The third-order valence-electron chi connectivity index (χ3n) is 24.7. The van der Waals surface area contributed by atoms with Crippen molar-refractivity contribution in [2.75, 3.05) is 75.1 Å². The van der Waals surface area contributed by atoms with Gasteiger partial charge in [0.1, 0.15) is 53.9 Å². The Morgan fingerprint density at radius 1 is 0.670 bits per heavy atom. The van der Waals surface area contributed by atoms with E-state index in [0.717, 1.165) is 44.9 Å². The summed E-state index contributed by atoms with van der Waals surface area (Å²) < 4.78 is 6.18. The SMILES string of the molecule is CCC[C@H]1C(=O)N[C@@H]([C@@H](C)CC)C(=O)N(C)CC(=O)N(C)[C@H]2C/C=C\CCN(C2=O)[C@@H](CC2CCC(C)CC2)C(=O)NCC(=O)N[C@@H](CCC2CCC3C(C)C(C)N(C)C3C2)C(=O)N2C[C@H](OCC)C[C@H]2C(=O)NC2(CC(C)(C)C2)C(=O)N[C@@H](C(CC)CC)C(=O)N[C@H](C(=O)N(C)C)CC(=O)N1C. The van der Waals surface area contributed by atoms with Gasteiger partial charge in [-0.05, 0) is 132 Å². The lowest BCUT2D eigenvalue weighted by Gasteiger charge is -2.52. The topological polar surface area (TPSA) is 309 Å². The van der Waals surface area contributed by atoms with E-state index in [0.29, 0.717) is 74.8 Å². The first-order valence-corrected chi connectivity index (χ1v) is 39.0. The Labute approximate surface area is 613 Å². The summed E-state index contributed by atoms with van der Waals surface area (Å²) >= 11 is 0. The Hall–Kier alpha value is -6.70. The molecule has 12 amide bonds. The number of hydrogen-bond donors (Lipinski definition) is 6. The first-order chi connectivity index (χ1) is 48.6. The van der Waals surface area contributed by atoms with E-state index in [1.54, 1.807) is 6.92 Å². The highest BCUT2D eigenvalue weighted by Gasteiger charge is 2.58. The molecule has 15 atom stereocenters. The number of carbonyl (C=O) groups is 12. The average Bonchev–Trinajstić information content (AvgIpc) is 1.55. The molecule has 7 rings (SSSR count). The van der Waals surface area contributed by atoms with Crippen LogP contribution in [-0.2, 0) is 62.3 Å². The Kier molecular flexibility index (Phi) is 30.0. The predicted octanol–water partition coefficient (Wildman–Crippen LogP) is 4.91. The van der Waals surface area contributed by atoms with E-state index in [2.05, 4.69) is 64.6 Å². The molecule has 2 bridgehead atoms. The maximum atomic E-state index is 15.7. The molecule has 26 heteroatoms. The van der Waals surface area contributed by atoms with E-state index >= 15 is 28.8 Å². The maximum Gasteiger partial charge on any atom is 0.246 e. The van der Waals surface area contributed by atoms with Crippen LogP contribution in [0.5, 0.6) is 0 Å². The van der Waals surface area contributed by atoms with Gasteiger partial charge in [-0.25, -0.2) is 0 Å². The summed E-state index contributed by atoms with van der Waals surface area (Å²) in [5.41, 5.74) is -2.04. The lowest BCUT2D eigenvalue weighted by atomic mass is 9.58. The minimum atomic E-state index is -1.58. The minimum Gasteiger partial charge on any atom is -0.377 e. The van der Waals surface area contributed by atoms with E-state index in [9.17, 15) is 28.8 Å². The van der Waals surface area contributed by atoms with Crippen LogP contribution in [-0.4, -0.2) is 252 Å². The van der Waals surface area contributed by atoms with Gasteiger partial charge in [0.2, 0.25) is 70.9 Å². The number of carbonyl (C=O) groups excluding carboxylic acids is 12. The molecule has 6 N–H and O–H groups in total. The molecule has 1 spiro atoms. The van der Waals surface area contributed by atoms with Crippen LogP contribution in [0, 0.1) is 46.8 Å². The van der Waals surface area contributed by atoms with Crippen LogP contribution in [0.25, 0.3) is 0 Å². The van der Waals surface area contributed by atoms with E-state index < -0.39 is 168 Å². The Morgan fingerprint density at radius 2 is 1.34 bits per heavy atom. The fraction of sp³-hybridized carbons (Fsp3) is 0.818. The Balaban J connectivity index is 1.29. The molecule has 580 valence electrons. The molecule has 3 saturated heterocycles. The van der Waals surface area contributed by atoms with Crippen molar-refractivity contribution in [1.82, 2.24) is 66.2 Å². The van der Waals surface area contributed by atoms with Crippen molar-refractivity contribution in [3.8, 4) is 0 Å². The molecule has 103 heavy (non-hydrogen) atoms. The van der Waals surface area contributed by atoms with Crippen molar-refractivity contribution < 1.29 is 62.3 Å². The number of amides is 12. The summed E-state index contributed by atoms with van der Waals surface area (Å²) in [6, 6.07) is -8.82. The third-order valence-corrected chi connectivity index (χ3v) is 24.7. The van der Waals surface area contributed by atoms with Gasteiger partial charge in [-0.15, -0.1) is 0 Å².